The van der Waals surface area contributed by atoms with Gasteiger partial charge in [0.1, 0.15) is 19.3 Å². The number of phosphoric ester groups is 2. The molecule has 0 aliphatic heterocycles. The first-order chi connectivity index (χ1) is 40.7. The summed E-state index contributed by atoms with van der Waals surface area (Å²) in [5.41, 5.74) is 0. The molecule has 3 N–H and O–H groups in total. The van der Waals surface area contributed by atoms with Gasteiger partial charge in [-0.2, -0.15) is 0 Å². The number of phosphoric acid groups is 2. The lowest BCUT2D eigenvalue weighted by Crippen LogP contribution is -2.30. The number of hydrogen-bond donors (Lipinski definition) is 3. The van der Waals surface area contributed by atoms with E-state index in [0.29, 0.717) is 25.7 Å². The quantitative estimate of drug-likeness (QED) is 0.0222. The lowest BCUT2D eigenvalue weighted by molar-refractivity contribution is -0.161. The number of unbranched alkanes of at least 4 members (excludes halogenated alkanes) is 32. The number of hydrogen-bond acceptors (Lipinski definition) is 15. The van der Waals surface area contributed by atoms with E-state index < -0.39 is 97.5 Å². The molecule has 2 unspecified atom stereocenters. The van der Waals surface area contributed by atoms with Gasteiger partial charge in [-0.25, -0.2) is 9.13 Å². The number of rotatable bonds is 64. The van der Waals surface area contributed by atoms with Gasteiger partial charge in [0.15, 0.2) is 12.2 Å². The van der Waals surface area contributed by atoms with Crippen LogP contribution in [-0.2, 0) is 65.4 Å². The summed E-state index contributed by atoms with van der Waals surface area (Å²) in [5.74, 6) is 0.105. The maximum atomic E-state index is 13.0. The Balaban J connectivity index is 5.22. The van der Waals surface area contributed by atoms with Crippen molar-refractivity contribution in [3.05, 3.63) is 0 Å². The Morgan fingerprint density at radius 3 is 0.800 bits per heavy atom. The van der Waals surface area contributed by atoms with Crippen molar-refractivity contribution < 1.29 is 80.2 Å². The van der Waals surface area contributed by atoms with Crippen LogP contribution in [0.5, 0.6) is 0 Å². The van der Waals surface area contributed by atoms with E-state index in [4.69, 9.17) is 37.0 Å². The standard InChI is InChI=1S/C66H128O17P2/c1-8-9-10-11-23-33-40-47-63(68)76-53-61(83-66(71)50-43-36-29-22-21-26-32-39-46-59(6)7)55-80-84(72,73)78-51-60(67)52-79-85(74,75)81-56-62(54-77-64(69)48-41-34-27-19-16-15-18-25-31-38-45-58(4)5)82-65(70)49-42-35-28-20-14-12-13-17-24-30-37-44-57(2)3/h57-62,67H,8-56H2,1-7H3,(H,72,73)(H,74,75)/t60-,61+,62+/m0/s1. The zero-order valence-electron chi connectivity index (χ0n) is 55.1. The fourth-order valence-electron chi connectivity index (χ4n) is 9.83. The smallest absolute Gasteiger partial charge is 0.462 e. The Morgan fingerprint density at radius 1 is 0.318 bits per heavy atom. The van der Waals surface area contributed by atoms with Gasteiger partial charge in [-0.1, -0.05) is 273 Å². The Kier molecular flexibility index (Phi) is 55.9. The molecule has 0 aliphatic carbocycles. The van der Waals surface area contributed by atoms with Crippen LogP contribution in [0.3, 0.4) is 0 Å². The summed E-state index contributed by atoms with van der Waals surface area (Å²) in [6.45, 7) is 11.7. The molecule has 0 radical (unpaired) electrons. The van der Waals surface area contributed by atoms with Crippen LogP contribution in [-0.4, -0.2) is 96.7 Å². The molecule has 0 saturated heterocycles. The third kappa shape index (κ3) is 60.7. The number of ether oxygens (including phenoxy) is 4. The first-order valence-electron chi connectivity index (χ1n) is 34.3. The largest absolute Gasteiger partial charge is 0.472 e. The first kappa shape index (κ1) is 83.1. The van der Waals surface area contributed by atoms with Gasteiger partial charge in [-0.15, -0.1) is 0 Å². The van der Waals surface area contributed by atoms with Crippen LogP contribution >= 0.6 is 15.6 Å². The summed E-state index contributed by atoms with van der Waals surface area (Å²) in [7, 11) is -9.89. The topological polar surface area (TPSA) is 237 Å². The second kappa shape index (κ2) is 57.2. The molecule has 17 nitrogen and oxygen atoms in total. The fraction of sp³-hybridized carbons (Fsp3) is 0.939. The van der Waals surface area contributed by atoms with Crippen molar-refractivity contribution in [1.29, 1.82) is 0 Å². The minimum absolute atomic E-state index is 0.104. The maximum Gasteiger partial charge on any atom is 0.472 e. The summed E-state index contributed by atoms with van der Waals surface area (Å²) < 4.78 is 68.0. The second-order valence-electron chi connectivity index (χ2n) is 25.3. The van der Waals surface area contributed by atoms with Gasteiger partial charge in [0.25, 0.3) is 0 Å². The van der Waals surface area contributed by atoms with E-state index in [2.05, 4.69) is 48.5 Å². The van der Waals surface area contributed by atoms with E-state index in [9.17, 15) is 43.2 Å². The third-order valence-corrected chi connectivity index (χ3v) is 17.0. The molecule has 0 aliphatic rings. The van der Waals surface area contributed by atoms with E-state index in [1.807, 2.05) is 0 Å². The monoisotopic (exact) mass is 1250 g/mol. The van der Waals surface area contributed by atoms with Crippen molar-refractivity contribution in [3.8, 4) is 0 Å². The molecule has 0 fully saturated rings. The Morgan fingerprint density at radius 2 is 0.541 bits per heavy atom. The second-order valence-corrected chi connectivity index (χ2v) is 28.2. The van der Waals surface area contributed by atoms with Gasteiger partial charge >= 0.3 is 39.5 Å². The van der Waals surface area contributed by atoms with Crippen molar-refractivity contribution in [1.82, 2.24) is 0 Å². The molecule has 0 saturated carbocycles. The number of aliphatic hydroxyl groups excluding tert-OH is 1. The van der Waals surface area contributed by atoms with Gasteiger partial charge in [-0.3, -0.25) is 37.3 Å². The summed E-state index contributed by atoms with van der Waals surface area (Å²) in [6.07, 6.45) is 39.1. The van der Waals surface area contributed by atoms with Crippen LogP contribution in [0.25, 0.3) is 0 Å². The van der Waals surface area contributed by atoms with E-state index in [1.54, 1.807) is 0 Å². The Labute approximate surface area is 517 Å². The average Bonchev–Trinajstić information content (AvgIpc) is 3.52. The molecular formula is C66H128O17P2. The third-order valence-electron chi connectivity index (χ3n) is 15.1. The van der Waals surface area contributed by atoms with Gasteiger partial charge < -0.3 is 33.8 Å². The van der Waals surface area contributed by atoms with Crippen LogP contribution in [0.2, 0.25) is 0 Å². The van der Waals surface area contributed by atoms with E-state index in [1.165, 1.54) is 122 Å². The maximum absolute atomic E-state index is 13.0. The number of esters is 4. The van der Waals surface area contributed by atoms with E-state index in [-0.39, 0.29) is 25.7 Å². The zero-order valence-corrected chi connectivity index (χ0v) is 56.9. The van der Waals surface area contributed by atoms with Crippen LogP contribution in [0.1, 0.15) is 325 Å². The minimum Gasteiger partial charge on any atom is -0.462 e. The van der Waals surface area contributed by atoms with Gasteiger partial charge in [-0.05, 0) is 43.4 Å². The zero-order chi connectivity index (χ0) is 63.1. The lowest BCUT2D eigenvalue weighted by atomic mass is 10.0. The molecule has 19 heteroatoms. The average molecular weight is 1260 g/mol. The van der Waals surface area contributed by atoms with E-state index in [0.717, 1.165) is 120 Å². The lowest BCUT2D eigenvalue weighted by Gasteiger charge is -2.21. The number of carbonyl (C=O) groups is 4. The van der Waals surface area contributed by atoms with Crippen molar-refractivity contribution in [3.63, 3.8) is 0 Å². The van der Waals surface area contributed by atoms with Crippen LogP contribution in [0.15, 0.2) is 0 Å². The highest BCUT2D eigenvalue weighted by molar-refractivity contribution is 7.47. The molecule has 0 amide bonds. The molecule has 5 atom stereocenters. The predicted molar refractivity (Wildman–Crippen MR) is 340 cm³/mol. The van der Waals surface area contributed by atoms with Gasteiger partial charge in [0.05, 0.1) is 26.4 Å². The molecule has 85 heavy (non-hydrogen) atoms. The normalized spacial score (nSPS) is 14.3. The number of carbonyl (C=O) groups excluding carboxylic acids is 4. The summed E-state index contributed by atoms with van der Waals surface area (Å²) in [4.78, 5) is 72.2. The van der Waals surface area contributed by atoms with Crippen molar-refractivity contribution in [2.45, 2.75) is 343 Å². The molecular weight excluding hydrogens is 1130 g/mol. The first-order valence-corrected chi connectivity index (χ1v) is 37.3. The summed E-state index contributed by atoms with van der Waals surface area (Å²) in [6, 6.07) is 0. The van der Waals surface area contributed by atoms with Crippen LogP contribution < -0.4 is 0 Å². The molecule has 0 aromatic carbocycles. The molecule has 0 spiro atoms. The van der Waals surface area contributed by atoms with Crippen molar-refractivity contribution in [2.75, 3.05) is 39.6 Å². The molecule has 0 aromatic rings. The van der Waals surface area contributed by atoms with Crippen LogP contribution in [0.4, 0.5) is 0 Å². The molecule has 0 rings (SSSR count). The van der Waals surface area contributed by atoms with Gasteiger partial charge in [0, 0.05) is 25.7 Å². The Bertz CT molecular complexity index is 1680. The minimum atomic E-state index is -4.95. The Hall–Kier alpha value is -1.94. The highest BCUT2D eigenvalue weighted by atomic mass is 31.2. The molecule has 0 aromatic heterocycles. The fourth-order valence-corrected chi connectivity index (χ4v) is 11.4. The van der Waals surface area contributed by atoms with E-state index >= 15 is 0 Å². The summed E-state index contributed by atoms with van der Waals surface area (Å²) >= 11 is 0. The van der Waals surface area contributed by atoms with Crippen molar-refractivity contribution >= 4 is 39.5 Å². The molecule has 0 bridgehead atoms. The van der Waals surface area contributed by atoms with Crippen molar-refractivity contribution in [2.24, 2.45) is 17.8 Å². The highest BCUT2D eigenvalue weighted by Gasteiger charge is 2.30. The predicted octanol–water partition coefficient (Wildman–Crippen LogP) is 18.3. The van der Waals surface area contributed by atoms with Crippen LogP contribution in [0, 0.1) is 17.8 Å². The highest BCUT2D eigenvalue weighted by Crippen LogP contribution is 2.45. The SMILES string of the molecule is CCCCCCCCCC(=O)OC[C@H](COP(=O)(O)OC[C@H](O)COP(=O)(O)OC[C@@H](COC(=O)CCCCCCCCCCCCC(C)C)OC(=O)CCCCCCCCCCCCCC(C)C)OC(=O)CCCCCCCCCCC(C)C. The van der Waals surface area contributed by atoms with Gasteiger partial charge in [0.2, 0.25) is 0 Å². The molecule has 0 heterocycles. The summed E-state index contributed by atoms with van der Waals surface area (Å²) in [5, 5.41) is 10.5. The molecule has 504 valence electrons. The number of aliphatic hydroxyl groups is 1.